The molecule has 0 spiro atoms. The minimum atomic E-state index is -0.615. The molecule has 0 atom stereocenters. The average molecular weight is 500 g/mol. The number of carbonyl (C=O) groups excluding carboxylic acids is 1. The SMILES string of the molecule is NC(=O)SNC(=NCc1nonc1C(N)=Nc1ccc(F)c(Cl)c1)NCCN1CCOCC1. The average Bonchev–Trinajstić information content (AvgIpc) is 3.27. The lowest BCUT2D eigenvalue weighted by Gasteiger charge is -2.26. The third-order valence-corrected chi connectivity index (χ3v) is 5.20. The largest absolute Gasteiger partial charge is 0.382 e. The van der Waals surface area contributed by atoms with Gasteiger partial charge >= 0.3 is 0 Å². The number of nitrogens with zero attached hydrogens (tertiary/aromatic N) is 5. The first-order chi connectivity index (χ1) is 15.9. The Hall–Kier alpha value is -2.94. The summed E-state index contributed by atoms with van der Waals surface area (Å²) in [5.41, 5.74) is 12.0. The molecule has 1 aliphatic rings. The van der Waals surface area contributed by atoms with E-state index in [0.29, 0.717) is 49.0 Å². The maximum atomic E-state index is 13.3. The number of aliphatic imine (C=N–C) groups is 2. The van der Waals surface area contributed by atoms with Gasteiger partial charge in [0, 0.05) is 38.1 Å². The third kappa shape index (κ3) is 7.85. The Morgan fingerprint density at radius 2 is 2.09 bits per heavy atom. The summed E-state index contributed by atoms with van der Waals surface area (Å²) in [6.07, 6.45) is 0. The van der Waals surface area contributed by atoms with E-state index in [1.807, 2.05) is 0 Å². The highest BCUT2D eigenvalue weighted by Crippen LogP contribution is 2.22. The molecule has 1 fully saturated rings. The Bertz CT molecular complexity index is 1010. The number of ether oxygens (including phenoxy) is 1. The van der Waals surface area contributed by atoms with E-state index in [9.17, 15) is 9.18 Å². The summed E-state index contributed by atoms with van der Waals surface area (Å²) in [7, 11) is 0. The van der Waals surface area contributed by atoms with Crippen molar-refractivity contribution in [3.05, 3.63) is 40.4 Å². The van der Waals surface area contributed by atoms with Crippen LogP contribution in [-0.4, -0.2) is 71.6 Å². The van der Waals surface area contributed by atoms with Gasteiger partial charge in [-0.1, -0.05) is 16.8 Å². The van der Waals surface area contributed by atoms with Crippen LogP contribution in [0.25, 0.3) is 0 Å². The molecule has 33 heavy (non-hydrogen) atoms. The Balaban J connectivity index is 1.66. The van der Waals surface area contributed by atoms with E-state index >= 15 is 0 Å². The molecule has 0 radical (unpaired) electrons. The number of hydrogen-bond donors (Lipinski definition) is 4. The van der Waals surface area contributed by atoms with E-state index in [2.05, 4.69) is 35.2 Å². The van der Waals surface area contributed by atoms with E-state index < -0.39 is 11.1 Å². The van der Waals surface area contributed by atoms with Crippen LogP contribution in [-0.2, 0) is 11.3 Å². The molecular formula is C18H23ClFN9O3S. The number of hydrogen-bond acceptors (Lipinski definition) is 9. The third-order valence-electron chi connectivity index (χ3n) is 4.41. The number of guanidine groups is 1. The Kier molecular flexibility index (Phi) is 9.24. The molecule has 1 aliphatic heterocycles. The first-order valence-corrected chi connectivity index (χ1v) is 11.0. The number of morpholine rings is 1. The first-order valence-electron chi connectivity index (χ1n) is 9.84. The van der Waals surface area contributed by atoms with Gasteiger partial charge in [-0.25, -0.2) is 19.0 Å². The predicted octanol–water partition coefficient (Wildman–Crippen LogP) is 0.993. The molecule has 6 N–H and O–H groups in total. The quantitative estimate of drug-likeness (QED) is 0.245. The van der Waals surface area contributed by atoms with Crippen LogP contribution in [0.15, 0.2) is 32.8 Å². The number of amidine groups is 1. The van der Waals surface area contributed by atoms with Crippen molar-refractivity contribution >= 4 is 46.3 Å². The van der Waals surface area contributed by atoms with Gasteiger partial charge in [-0.05, 0) is 23.4 Å². The fourth-order valence-electron chi connectivity index (χ4n) is 2.79. The maximum absolute atomic E-state index is 13.3. The zero-order valence-corrected chi connectivity index (χ0v) is 19.0. The molecule has 0 saturated carbocycles. The molecular weight excluding hydrogens is 477 g/mol. The van der Waals surface area contributed by atoms with Gasteiger partial charge in [-0.15, -0.1) is 0 Å². The van der Waals surface area contributed by atoms with Crippen molar-refractivity contribution in [2.75, 3.05) is 39.4 Å². The molecule has 0 unspecified atom stereocenters. The van der Waals surface area contributed by atoms with Crippen LogP contribution in [0, 0.1) is 5.82 Å². The number of primary amides is 1. The summed E-state index contributed by atoms with van der Waals surface area (Å²) < 4.78 is 26.2. The number of aromatic nitrogens is 2. The van der Waals surface area contributed by atoms with Crippen LogP contribution < -0.4 is 21.5 Å². The smallest absolute Gasteiger partial charge is 0.297 e. The van der Waals surface area contributed by atoms with Gasteiger partial charge in [0.1, 0.15) is 11.5 Å². The summed E-state index contributed by atoms with van der Waals surface area (Å²) in [5.74, 6) is -0.255. The minimum absolute atomic E-state index is 0.00887. The van der Waals surface area contributed by atoms with Gasteiger partial charge in [0.25, 0.3) is 5.24 Å². The van der Waals surface area contributed by atoms with Crippen molar-refractivity contribution in [3.63, 3.8) is 0 Å². The lowest BCUT2D eigenvalue weighted by atomic mass is 10.3. The summed E-state index contributed by atoms with van der Waals surface area (Å²) >= 11 is 6.46. The number of amides is 1. The maximum Gasteiger partial charge on any atom is 0.297 e. The molecule has 1 saturated heterocycles. The highest BCUT2D eigenvalue weighted by molar-refractivity contribution is 8.12. The number of halogens is 2. The summed E-state index contributed by atoms with van der Waals surface area (Å²) in [4.78, 5) is 21.9. The van der Waals surface area contributed by atoms with Crippen LogP contribution in [0.4, 0.5) is 14.9 Å². The van der Waals surface area contributed by atoms with E-state index in [1.165, 1.54) is 18.2 Å². The second-order valence-electron chi connectivity index (χ2n) is 6.72. The molecule has 2 heterocycles. The van der Waals surface area contributed by atoms with E-state index in [4.69, 9.17) is 32.4 Å². The zero-order chi connectivity index (χ0) is 23.6. The summed E-state index contributed by atoms with van der Waals surface area (Å²) in [6.45, 7) is 4.46. The molecule has 0 bridgehead atoms. The van der Waals surface area contributed by atoms with Crippen molar-refractivity contribution in [1.29, 1.82) is 0 Å². The monoisotopic (exact) mass is 499 g/mol. The number of nitrogens with two attached hydrogens (primary N) is 2. The van der Waals surface area contributed by atoms with E-state index in [1.54, 1.807) is 0 Å². The highest BCUT2D eigenvalue weighted by Gasteiger charge is 2.15. The van der Waals surface area contributed by atoms with Gasteiger partial charge in [0.2, 0.25) is 5.96 Å². The molecule has 1 amide bonds. The highest BCUT2D eigenvalue weighted by atomic mass is 35.5. The normalized spacial score (nSPS) is 15.5. The number of benzene rings is 1. The zero-order valence-electron chi connectivity index (χ0n) is 17.5. The van der Waals surface area contributed by atoms with E-state index in [-0.39, 0.29) is 23.1 Å². The Morgan fingerprint density at radius 3 is 2.82 bits per heavy atom. The fraction of sp³-hybridized carbons (Fsp3) is 0.389. The molecule has 3 rings (SSSR count). The topological polar surface area (TPSA) is 169 Å². The predicted molar refractivity (Wildman–Crippen MR) is 123 cm³/mol. The van der Waals surface area contributed by atoms with Gasteiger partial charge in [-0.2, -0.15) is 0 Å². The molecule has 2 aromatic rings. The van der Waals surface area contributed by atoms with Crippen LogP contribution in [0.5, 0.6) is 0 Å². The fourth-order valence-corrected chi connectivity index (χ4v) is 3.29. The molecule has 1 aromatic heterocycles. The van der Waals surface area contributed by atoms with Gasteiger partial charge in [-0.3, -0.25) is 14.4 Å². The van der Waals surface area contributed by atoms with Gasteiger partial charge in [0.15, 0.2) is 11.5 Å². The molecule has 1 aromatic carbocycles. The van der Waals surface area contributed by atoms with Crippen molar-refractivity contribution in [2.24, 2.45) is 21.5 Å². The lowest BCUT2D eigenvalue weighted by Crippen LogP contribution is -2.43. The van der Waals surface area contributed by atoms with Crippen LogP contribution >= 0.6 is 23.5 Å². The Labute approximate surface area is 198 Å². The van der Waals surface area contributed by atoms with Crippen LogP contribution in [0.3, 0.4) is 0 Å². The minimum Gasteiger partial charge on any atom is -0.382 e. The van der Waals surface area contributed by atoms with Crippen LogP contribution in [0.1, 0.15) is 11.4 Å². The van der Waals surface area contributed by atoms with Crippen molar-refractivity contribution < 1.29 is 18.6 Å². The summed E-state index contributed by atoms with van der Waals surface area (Å²) in [6, 6.07) is 3.93. The van der Waals surface area contributed by atoms with Crippen molar-refractivity contribution in [2.45, 2.75) is 6.54 Å². The number of nitrogens with one attached hydrogen (secondary N) is 2. The first kappa shape index (κ1) is 24.7. The van der Waals surface area contributed by atoms with Crippen molar-refractivity contribution in [1.82, 2.24) is 25.3 Å². The number of rotatable bonds is 7. The summed E-state index contributed by atoms with van der Waals surface area (Å²) in [5, 5.41) is 10.0. The molecule has 15 heteroatoms. The Morgan fingerprint density at radius 1 is 1.30 bits per heavy atom. The molecule has 12 nitrogen and oxygen atoms in total. The van der Waals surface area contributed by atoms with Crippen LogP contribution in [0.2, 0.25) is 5.02 Å². The van der Waals surface area contributed by atoms with E-state index in [0.717, 1.165) is 19.6 Å². The second-order valence-corrected chi connectivity index (χ2v) is 7.94. The standard InChI is InChI=1S/C18H23ClFN9O3S/c19-12-9-11(1-2-13(12)20)25-16(21)15-14(26-32-27-15)10-24-18(28-33-17(22)30)23-3-4-29-5-7-31-8-6-29/h1-2,9H,3-8,10H2,(H2,21,25)(H2,22,30)(H2,23,24,28). The number of carbonyl (C=O) groups is 1. The lowest BCUT2D eigenvalue weighted by molar-refractivity contribution is 0.0389. The molecule has 0 aliphatic carbocycles. The van der Waals surface area contributed by atoms with Gasteiger partial charge < -0.3 is 21.5 Å². The second kappa shape index (κ2) is 12.3. The molecule has 178 valence electrons. The van der Waals surface area contributed by atoms with Crippen molar-refractivity contribution in [3.8, 4) is 0 Å². The van der Waals surface area contributed by atoms with Gasteiger partial charge in [0.05, 0.1) is 30.5 Å².